The van der Waals surface area contributed by atoms with Crippen LogP contribution in [0, 0.1) is 13.8 Å². The van der Waals surface area contributed by atoms with Crippen molar-refractivity contribution in [2.45, 2.75) is 20.5 Å². The molecule has 0 saturated carbocycles. The average Bonchev–Trinajstić information content (AvgIpc) is 2.53. The first-order chi connectivity index (χ1) is 11.2. The van der Waals surface area contributed by atoms with E-state index >= 15 is 0 Å². The Morgan fingerprint density at radius 2 is 1.91 bits per heavy atom. The third kappa shape index (κ3) is 4.26. The first kappa shape index (κ1) is 15.0. The summed E-state index contributed by atoms with van der Waals surface area (Å²) in [6.07, 6.45) is 1.76. The highest BCUT2D eigenvalue weighted by Crippen LogP contribution is 2.21. The molecule has 5 heteroatoms. The van der Waals surface area contributed by atoms with Gasteiger partial charge in [-0.1, -0.05) is 12.1 Å². The standard InChI is InChI=1S/C18H18N4O/c1-13-10-18(21-14(2)20-13)22-15-7-5-8-17(11-15)23-12-16-6-3-4-9-19-16/h3-11H,12H2,1-2H3,(H,20,21,22). The van der Waals surface area contributed by atoms with Crippen LogP contribution in [-0.2, 0) is 6.61 Å². The largest absolute Gasteiger partial charge is 0.487 e. The molecule has 0 aliphatic rings. The highest BCUT2D eigenvalue weighted by molar-refractivity contribution is 5.58. The van der Waals surface area contributed by atoms with E-state index in [4.69, 9.17) is 4.74 Å². The zero-order valence-corrected chi connectivity index (χ0v) is 13.2. The number of aromatic nitrogens is 3. The number of anilines is 2. The maximum Gasteiger partial charge on any atom is 0.134 e. The van der Waals surface area contributed by atoms with Crippen molar-refractivity contribution in [1.82, 2.24) is 15.0 Å². The van der Waals surface area contributed by atoms with Gasteiger partial charge >= 0.3 is 0 Å². The molecule has 0 unspecified atom stereocenters. The maximum absolute atomic E-state index is 5.78. The summed E-state index contributed by atoms with van der Waals surface area (Å²) in [5.74, 6) is 2.30. The fourth-order valence-electron chi connectivity index (χ4n) is 2.23. The maximum atomic E-state index is 5.78. The van der Waals surface area contributed by atoms with E-state index in [1.54, 1.807) is 6.20 Å². The van der Waals surface area contributed by atoms with E-state index < -0.39 is 0 Å². The zero-order valence-electron chi connectivity index (χ0n) is 13.2. The first-order valence-corrected chi connectivity index (χ1v) is 7.41. The van der Waals surface area contributed by atoms with Crippen molar-refractivity contribution in [2.75, 3.05) is 5.32 Å². The van der Waals surface area contributed by atoms with Crippen LogP contribution < -0.4 is 10.1 Å². The van der Waals surface area contributed by atoms with Crippen molar-refractivity contribution < 1.29 is 4.74 Å². The second-order valence-corrected chi connectivity index (χ2v) is 5.20. The van der Waals surface area contributed by atoms with Crippen molar-refractivity contribution >= 4 is 11.5 Å². The average molecular weight is 306 g/mol. The molecule has 5 nitrogen and oxygen atoms in total. The molecule has 0 saturated heterocycles. The predicted octanol–water partition coefficient (Wildman–Crippen LogP) is 3.81. The van der Waals surface area contributed by atoms with Gasteiger partial charge in [-0.15, -0.1) is 0 Å². The lowest BCUT2D eigenvalue weighted by Gasteiger charge is -2.10. The lowest BCUT2D eigenvalue weighted by molar-refractivity contribution is 0.301. The summed E-state index contributed by atoms with van der Waals surface area (Å²) in [6, 6.07) is 15.5. The van der Waals surface area contributed by atoms with Crippen LogP contribution in [0.5, 0.6) is 5.75 Å². The molecular formula is C18H18N4O. The van der Waals surface area contributed by atoms with Crippen LogP contribution in [0.15, 0.2) is 54.7 Å². The number of hydrogen-bond donors (Lipinski definition) is 1. The molecule has 23 heavy (non-hydrogen) atoms. The van der Waals surface area contributed by atoms with E-state index in [2.05, 4.69) is 20.3 Å². The van der Waals surface area contributed by atoms with E-state index in [-0.39, 0.29) is 0 Å². The van der Waals surface area contributed by atoms with Crippen LogP contribution in [0.25, 0.3) is 0 Å². The minimum absolute atomic E-state index is 0.440. The van der Waals surface area contributed by atoms with E-state index in [0.29, 0.717) is 6.61 Å². The van der Waals surface area contributed by atoms with Gasteiger partial charge in [0.25, 0.3) is 0 Å². The molecule has 0 radical (unpaired) electrons. The number of pyridine rings is 1. The van der Waals surface area contributed by atoms with Gasteiger partial charge in [0.2, 0.25) is 0 Å². The normalized spacial score (nSPS) is 10.3. The van der Waals surface area contributed by atoms with Gasteiger partial charge in [-0.25, -0.2) is 9.97 Å². The second-order valence-electron chi connectivity index (χ2n) is 5.20. The van der Waals surface area contributed by atoms with E-state index in [1.807, 2.05) is 62.4 Å². The Kier molecular flexibility index (Phi) is 4.47. The SMILES string of the molecule is Cc1cc(Nc2cccc(OCc3ccccn3)c2)nc(C)n1. The van der Waals surface area contributed by atoms with Crippen LogP contribution in [0.2, 0.25) is 0 Å². The molecule has 0 aliphatic heterocycles. The fraction of sp³-hybridized carbons (Fsp3) is 0.167. The summed E-state index contributed by atoms with van der Waals surface area (Å²) in [5, 5.41) is 3.28. The van der Waals surface area contributed by atoms with Crippen molar-refractivity contribution in [3.8, 4) is 5.75 Å². The Morgan fingerprint density at radius 3 is 2.70 bits per heavy atom. The van der Waals surface area contributed by atoms with Crippen LogP contribution in [-0.4, -0.2) is 15.0 Å². The molecule has 3 aromatic rings. The van der Waals surface area contributed by atoms with Crippen molar-refractivity contribution in [3.63, 3.8) is 0 Å². The predicted molar refractivity (Wildman–Crippen MR) is 89.8 cm³/mol. The Labute approximate surface area is 135 Å². The van der Waals surface area contributed by atoms with Gasteiger partial charge in [-0.2, -0.15) is 0 Å². The first-order valence-electron chi connectivity index (χ1n) is 7.41. The Hall–Kier alpha value is -2.95. The summed E-state index contributed by atoms with van der Waals surface area (Å²) in [4.78, 5) is 12.9. The monoisotopic (exact) mass is 306 g/mol. The van der Waals surface area contributed by atoms with Gasteiger partial charge < -0.3 is 10.1 Å². The van der Waals surface area contributed by atoms with Crippen LogP contribution in [0.4, 0.5) is 11.5 Å². The molecule has 2 heterocycles. The van der Waals surface area contributed by atoms with E-state index in [9.17, 15) is 0 Å². The van der Waals surface area contributed by atoms with Gasteiger partial charge in [-0.3, -0.25) is 4.98 Å². The molecule has 2 aromatic heterocycles. The third-order valence-corrected chi connectivity index (χ3v) is 3.19. The molecule has 1 N–H and O–H groups in total. The van der Waals surface area contributed by atoms with Crippen LogP contribution in [0.1, 0.15) is 17.2 Å². The third-order valence-electron chi connectivity index (χ3n) is 3.19. The van der Waals surface area contributed by atoms with Crippen LogP contribution in [0.3, 0.4) is 0 Å². The second kappa shape index (κ2) is 6.87. The van der Waals surface area contributed by atoms with Crippen molar-refractivity contribution in [3.05, 3.63) is 71.9 Å². The molecule has 0 aliphatic carbocycles. The molecule has 0 amide bonds. The smallest absolute Gasteiger partial charge is 0.134 e. The zero-order chi connectivity index (χ0) is 16.1. The molecule has 0 bridgehead atoms. The summed E-state index contributed by atoms with van der Waals surface area (Å²) in [5.41, 5.74) is 2.75. The molecule has 1 aromatic carbocycles. The molecule has 0 spiro atoms. The molecular weight excluding hydrogens is 288 g/mol. The lowest BCUT2D eigenvalue weighted by atomic mass is 10.3. The molecule has 0 fully saturated rings. The minimum Gasteiger partial charge on any atom is -0.487 e. The van der Waals surface area contributed by atoms with E-state index in [1.165, 1.54) is 0 Å². The van der Waals surface area contributed by atoms with Gasteiger partial charge in [0.15, 0.2) is 0 Å². The minimum atomic E-state index is 0.440. The number of benzene rings is 1. The van der Waals surface area contributed by atoms with Crippen LogP contribution >= 0.6 is 0 Å². The van der Waals surface area contributed by atoms with Gasteiger partial charge in [-0.05, 0) is 38.1 Å². The van der Waals surface area contributed by atoms with Gasteiger partial charge in [0.05, 0.1) is 5.69 Å². The molecule has 3 rings (SSSR count). The summed E-state index contributed by atoms with van der Waals surface area (Å²) < 4.78 is 5.78. The topological polar surface area (TPSA) is 59.9 Å². The quantitative estimate of drug-likeness (QED) is 0.776. The van der Waals surface area contributed by atoms with Gasteiger partial charge in [0.1, 0.15) is 24.0 Å². The number of nitrogens with one attached hydrogen (secondary N) is 1. The Morgan fingerprint density at radius 1 is 1.00 bits per heavy atom. The lowest BCUT2D eigenvalue weighted by Crippen LogP contribution is -2.00. The number of hydrogen-bond acceptors (Lipinski definition) is 5. The fourth-order valence-corrected chi connectivity index (χ4v) is 2.23. The number of ether oxygens (including phenoxy) is 1. The molecule has 0 atom stereocenters. The summed E-state index contributed by atoms with van der Waals surface area (Å²) in [6.45, 7) is 4.27. The van der Waals surface area contributed by atoms with Crippen molar-refractivity contribution in [2.24, 2.45) is 0 Å². The molecule has 116 valence electrons. The van der Waals surface area contributed by atoms with Gasteiger partial charge in [0, 0.05) is 29.7 Å². The highest BCUT2D eigenvalue weighted by atomic mass is 16.5. The number of aryl methyl sites for hydroxylation is 2. The highest BCUT2D eigenvalue weighted by Gasteiger charge is 2.02. The number of rotatable bonds is 5. The summed E-state index contributed by atoms with van der Waals surface area (Å²) in [7, 11) is 0. The van der Waals surface area contributed by atoms with E-state index in [0.717, 1.165) is 34.5 Å². The summed E-state index contributed by atoms with van der Waals surface area (Å²) >= 11 is 0. The number of nitrogens with zero attached hydrogens (tertiary/aromatic N) is 3. The van der Waals surface area contributed by atoms with Crippen molar-refractivity contribution in [1.29, 1.82) is 0 Å². The Bertz CT molecular complexity index is 770. The Balaban J connectivity index is 1.69.